The third-order valence-electron chi connectivity index (χ3n) is 2.01. The van der Waals surface area contributed by atoms with Gasteiger partial charge < -0.3 is 5.32 Å². The molecule has 0 atom stereocenters. The van der Waals surface area contributed by atoms with Crippen LogP contribution in [0.1, 0.15) is 12.0 Å². The maximum absolute atomic E-state index is 5.79. The Labute approximate surface area is 82.6 Å². The quantitative estimate of drug-likeness (QED) is 0.728. The fraction of sp³-hybridized carbons (Fsp3) is 0.300. The first-order valence-electron chi connectivity index (χ1n) is 4.40. The summed E-state index contributed by atoms with van der Waals surface area (Å²) < 4.78 is 0. The summed E-state index contributed by atoms with van der Waals surface area (Å²) in [6.45, 7) is 1.94. The number of nitrogens with zero attached hydrogens (tertiary/aromatic N) is 1. The number of hydrogen-bond acceptors (Lipinski definition) is 2. The maximum atomic E-state index is 5.79. The lowest BCUT2D eigenvalue weighted by Crippen LogP contribution is -2.30. The van der Waals surface area contributed by atoms with Crippen LogP contribution < -0.4 is 5.32 Å². The minimum absolute atomic E-state index is 0.764. The Morgan fingerprint density at radius 1 is 1.23 bits per heavy atom. The lowest BCUT2D eigenvalue weighted by Gasteiger charge is -2.14. The molecule has 0 amide bonds. The number of rotatable bonds is 1. The molecule has 0 spiro atoms. The van der Waals surface area contributed by atoms with E-state index in [-0.39, 0.29) is 0 Å². The van der Waals surface area contributed by atoms with E-state index in [1.165, 1.54) is 0 Å². The molecule has 1 aromatic carbocycles. The molecule has 1 N–H and O–H groups in total. The zero-order valence-corrected chi connectivity index (χ0v) is 8.01. The van der Waals surface area contributed by atoms with Gasteiger partial charge in [-0.05, 0) is 30.7 Å². The minimum atomic E-state index is 0.764. The Morgan fingerprint density at radius 2 is 2.00 bits per heavy atom. The molecule has 1 aliphatic heterocycles. The second-order valence-electron chi connectivity index (χ2n) is 3.02. The first-order valence-corrected chi connectivity index (χ1v) is 4.78. The molecular formula is C10H11ClN2. The van der Waals surface area contributed by atoms with E-state index in [0.29, 0.717) is 0 Å². The van der Waals surface area contributed by atoms with E-state index < -0.39 is 0 Å². The largest absolute Gasteiger partial charge is 0.370 e. The summed E-state index contributed by atoms with van der Waals surface area (Å²) in [5.41, 5.74) is 1.11. The van der Waals surface area contributed by atoms with Gasteiger partial charge in [-0.25, -0.2) is 0 Å². The molecule has 0 radical (unpaired) electrons. The number of aliphatic imine (C=N–C) groups is 1. The summed E-state index contributed by atoms with van der Waals surface area (Å²) in [5, 5.41) is 4.03. The average molecular weight is 195 g/mol. The van der Waals surface area contributed by atoms with Crippen LogP contribution in [0.3, 0.4) is 0 Å². The fourth-order valence-electron chi connectivity index (χ4n) is 1.33. The monoisotopic (exact) mass is 194 g/mol. The zero-order valence-electron chi connectivity index (χ0n) is 7.26. The summed E-state index contributed by atoms with van der Waals surface area (Å²) in [6, 6.07) is 7.74. The first kappa shape index (κ1) is 8.57. The van der Waals surface area contributed by atoms with E-state index in [9.17, 15) is 0 Å². The summed E-state index contributed by atoms with van der Waals surface area (Å²) in [5.74, 6) is 0.989. The molecule has 0 bridgehead atoms. The minimum Gasteiger partial charge on any atom is -0.370 e. The van der Waals surface area contributed by atoms with Gasteiger partial charge in [-0.2, -0.15) is 0 Å². The smallest absolute Gasteiger partial charge is 0.128 e. The van der Waals surface area contributed by atoms with Gasteiger partial charge in [-0.15, -0.1) is 0 Å². The lowest BCUT2D eigenvalue weighted by atomic mass is 10.2. The van der Waals surface area contributed by atoms with E-state index >= 15 is 0 Å². The van der Waals surface area contributed by atoms with Crippen molar-refractivity contribution >= 4 is 17.4 Å². The molecule has 1 aromatic rings. The highest BCUT2D eigenvalue weighted by Crippen LogP contribution is 2.10. The Morgan fingerprint density at radius 3 is 2.62 bits per heavy atom. The molecule has 2 nitrogen and oxygen atoms in total. The highest BCUT2D eigenvalue weighted by Gasteiger charge is 2.05. The second-order valence-corrected chi connectivity index (χ2v) is 3.45. The van der Waals surface area contributed by atoms with E-state index in [1.807, 2.05) is 24.3 Å². The Bertz CT molecular complexity index is 316. The van der Waals surface area contributed by atoms with Crippen LogP contribution in [0.25, 0.3) is 0 Å². The van der Waals surface area contributed by atoms with E-state index in [4.69, 9.17) is 11.6 Å². The van der Waals surface area contributed by atoms with Gasteiger partial charge >= 0.3 is 0 Å². The number of amidine groups is 1. The number of benzene rings is 1. The van der Waals surface area contributed by atoms with Crippen molar-refractivity contribution in [1.29, 1.82) is 0 Å². The van der Waals surface area contributed by atoms with Crippen molar-refractivity contribution < 1.29 is 0 Å². The molecule has 1 aliphatic rings. The van der Waals surface area contributed by atoms with E-state index in [0.717, 1.165) is 35.9 Å². The van der Waals surface area contributed by atoms with Gasteiger partial charge in [0, 0.05) is 23.7 Å². The summed E-state index contributed by atoms with van der Waals surface area (Å²) in [7, 11) is 0. The Kier molecular flexibility index (Phi) is 2.50. The zero-order chi connectivity index (χ0) is 9.10. The van der Waals surface area contributed by atoms with Crippen molar-refractivity contribution in [3.05, 3.63) is 34.9 Å². The highest BCUT2D eigenvalue weighted by atomic mass is 35.5. The molecule has 0 saturated heterocycles. The third kappa shape index (κ3) is 2.01. The maximum Gasteiger partial charge on any atom is 0.128 e. The number of nitrogens with one attached hydrogen (secondary N) is 1. The van der Waals surface area contributed by atoms with E-state index in [1.54, 1.807) is 0 Å². The fourth-order valence-corrected chi connectivity index (χ4v) is 1.46. The van der Waals surface area contributed by atoms with Crippen LogP contribution in [-0.2, 0) is 0 Å². The summed E-state index contributed by atoms with van der Waals surface area (Å²) in [6.07, 6.45) is 1.12. The van der Waals surface area contributed by atoms with Crippen LogP contribution in [0.2, 0.25) is 5.02 Å². The van der Waals surface area contributed by atoms with Crippen LogP contribution in [-0.4, -0.2) is 18.9 Å². The van der Waals surface area contributed by atoms with Crippen molar-refractivity contribution in [3.63, 3.8) is 0 Å². The standard InChI is InChI=1S/C10H11ClN2/c11-9-4-2-8(3-5-9)10-12-6-1-7-13-10/h2-5H,1,6-7H2,(H,12,13). The predicted molar refractivity (Wildman–Crippen MR) is 55.5 cm³/mol. The average Bonchev–Trinajstić information content (AvgIpc) is 2.20. The van der Waals surface area contributed by atoms with Gasteiger partial charge in [-0.3, -0.25) is 4.99 Å². The van der Waals surface area contributed by atoms with Crippen LogP contribution in [0.4, 0.5) is 0 Å². The van der Waals surface area contributed by atoms with Crippen LogP contribution in [0.15, 0.2) is 29.3 Å². The molecule has 0 aliphatic carbocycles. The molecule has 1 heterocycles. The SMILES string of the molecule is Clc1ccc(C2=NCCCN2)cc1. The number of halogens is 1. The Hall–Kier alpha value is -1.02. The van der Waals surface area contributed by atoms with Crippen LogP contribution >= 0.6 is 11.6 Å². The van der Waals surface area contributed by atoms with Crippen molar-refractivity contribution in [1.82, 2.24) is 5.32 Å². The molecule has 68 valence electrons. The van der Waals surface area contributed by atoms with Crippen molar-refractivity contribution in [3.8, 4) is 0 Å². The van der Waals surface area contributed by atoms with E-state index in [2.05, 4.69) is 10.3 Å². The van der Waals surface area contributed by atoms with Gasteiger partial charge in [0.2, 0.25) is 0 Å². The second kappa shape index (κ2) is 3.79. The summed E-state index contributed by atoms with van der Waals surface area (Å²) in [4.78, 5) is 4.39. The van der Waals surface area contributed by atoms with Gasteiger partial charge in [0.25, 0.3) is 0 Å². The molecule has 0 saturated carbocycles. The molecule has 0 unspecified atom stereocenters. The predicted octanol–water partition coefficient (Wildman–Crippen LogP) is 2.08. The van der Waals surface area contributed by atoms with Gasteiger partial charge in [-0.1, -0.05) is 11.6 Å². The first-order chi connectivity index (χ1) is 6.36. The van der Waals surface area contributed by atoms with Crippen LogP contribution in [0, 0.1) is 0 Å². The van der Waals surface area contributed by atoms with Crippen LogP contribution in [0.5, 0.6) is 0 Å². The van der Waals surface area contributed by atoms with Gasteiger partial charge in [0.05, 0.1) is 0 Å². The Balaban J connectivity index is 2.24. The van der Waals surface area contributed by atoms with Crippen molar-refractivity contribution in [2.24, 2.45) is 4.99 Å². The molecule has 3 heteroatoms. The normalized spacial score (nSPS) is 16.2. The highest BCUT2D eigenvalue weighted by molar-refractivity contribution is 6.30. The number of hydrogen-bond donors (Lipinski definition) is 1. The van der Waals surface area contributed by atoms with Gasteiger partial charge in [0.15, 0.2) is 0 Å². The van der Waals surface area contributed by atoms with Crippen molar-refractivity contribution in [2.75, 3.05) is 13.1 Å². The van der Waals surface area contributed by atoms with Crippen molar-refractivity contribution in [2.45, 2.75) is 6.42 Å². The molecule has 0 aromatic heterocycles. The summed E-state index contributed by atoms with van der Waals surface area (Å²) >= 11 is 5.79. The topological polar surface area (TPSA) is 24.4 Å². The molecular weight excluding hydrogens is 184 g/mol. The van der Waals surface area contributed by atoms with Gasteiger partial charge in [0.1, 0.15) is 5.84 Å². The molecule has 0 fully saturated rings. The molecule has 13 heavy (non-hydrogen) atoms. The third-order valence-corrected chi connectivity index (χ3v) is 2.27. The molecule has 2 rings (SSSR count). The lowest BCUT2D eigenvalue weighted by molar-refractivity contribution is 0.742.